The molecule has 1 aromatic carbocycles. The van der Waals surface area contributed by atoms with Crippen LogP contribution >= 0.6 is 11.8 Å². The van der Waals surface area contributed by atoms with Crippen LogP contribution < -0.4 is 15.1 Å². The van der Waals surface area contributed by atoms with E-state index in [4.69, 9.17) is 0 Å². The molecule has 1 amide bonds. The Balaban J connectivity index is 1.25. The van der Waals surface area contributed by atoms with Crippen molar-refractivity contribution < 1.29 is 28.6 Å². The van der Waals surface area contributed by atoms with Crippen LogP contribution in [0.5, 0.6) is 0 Å². The Morgan fingerprint density at radius 1 is 1.16 bits per heavy atom. The summed E-state index contributed by atoms with van der Waals surface area (Å²) in [6.07, 6.45) is 1.83. The minimum Gasteiger partial charge on any atom is -0.618 e. The van der Waals surface area contributed by atoms with Gasteiger partial charge in [-0.25, -0.2) is 9.18 Å². The first-order chi connectivity index (χ1) is 18.2. The van der Waals surface area contributed by atoms with E-state index in [0.717, 1.165) is 6.07 Å². The Morgan fingerprint density at radius 2 is 1.89 bits per heavy atom. The molecule has 1 atom stereocenters. The van der Waals surface area contributed by atoms with E-state index in [0.29, 0.717) is 53.6 Å². The van der Waals surface area contributed by atoms with Crippen LogP contribution in [0.1, 0.15) is 52.4 Å². The summed E-state index contributed by atoms with van der Waals surface area (Å²) in [4.78, 5) is 52.9. The van der Waals surface area contributed by atoms with E-state index in [1.165, 1.54) is 30.1 Å². The summed E-state index contributed by atoms with van der Waals surface area (Å²) in [5.74, 6) is -2.38. The van der Waals surface area contributed by atoms with Gasteiger partial charge in [-0.2, -0.15) is 4.73 Å². The lowest BCUT2D eigenvalue weighted by molar-refractivity contribution is -0.607. The summed E-state index contributed by atoms with van der Waals surface area (Å²) >= 11 is 1.29. The van der Waals surface area contributed by atoms with Crippen molar-refractivity contribution in [3.05, 3.63) is 69.0 Å². The first kappa shape index (κ1) is 25.7. The molecule has 1 fully saturated rings. The number of carbonyl (C=O) groups excluding carboxylic acids is 2. The maximum Gasteiger partial charge on any atom is 0.342 e. The molecule has 2 aliphatic heterocycles. The van der Waals surface area contributed by atoms with E-state index in [-0.39, 0.29) is 46.5 Å². The number of amides is 1. The van der Waals surface area contributed by atoms with Gasteiger partial charge in [0.2, 0.25) is 17.1 Å². The highest BCUT2D eigenvalue weighted by Gasteiger charge is 2.33. The van der Waals surface area contributed by atoms with Crippen LogP contribution in [0.3, 0.4) is 0 Å². The second-order valence-electron chi connectivity index (χ2n) is 9.28. The summed E-state index contributed by atoms with van der Waals surface area (Å²) in [6.45, 7) is 3.37. The zero-order valence-electron chi connectivity index (χ0n) is 20.6. The largest absolute Gasteiger partial charge is 0.618 e. The van der Waals surface area contributed by atoms with Crippen molar-refractivity contribution in [2.45, 2.75) is 36.6 Å². The quantitative estimate of drug-likeness (QED) is 0.275. The number of hydrogen-bond acceptors (Lipinski definition) is 7. The molecule has 2 aromatic heterocycles. The molecular weight excluding hydrogens is 515 g/mol. The first-order valence-electron chi connectivity index (χ1n) is 12.2. The normalized spacial score (nSPS) is 16.7. The van der Waals surface area contributed by atoms with Gasteiger partial charge in [0.25, 0.3) is 5.69 Å². The van der Waals surface area contributed by atoms with Gasteiger partial charge in [0.05, 0.1) is 21.6 Å². The molecule has 10 nitrogen and oxygen atoms in total. The third-order valence-electron chi connectivity index (χ3n) is 6.97. The number of nitrogens with zero attached hydrogens (tertiary/aromatic N) is 4. The number of thioether (sulfide) groups is 1. The van der Waals surface area contributed by atoms with Crippen LogP contribution in [-0.2, 0) is 4.79 Å². The van der Waals surface area contributed by atoms with Gasteiger partial charge >= 0.3 is 5.97 Å². The van der Waals surface area contributed by atoms with Crippen LogP contribution in [0, 0.1) is 11.0 Å². The van der Waals surface area contributed by atoms with Gasteiger partial charge in [-0.3, -0.25) is 14.4 Å². The monoisotopic (exact) mass is 540 g/mol. The highest BCUT2D eigenvalue weighted by atomic mass is 32.2. The highest BCUT2D eigenvalue weighted by molar-refractivity contribution is 8.00. The minimum atomic E-state index is -1.33. The van der Waals surface area contributed by atoms with Crippen molar-refractivity contribution in [2.24, 2.45) is 0 Å². The molecule has 5 rings (SSSR count). The molecule has 198 valence electrons. The van der Waals surface area contributed by atoms with Crippen LogP contribution in [-0.4, -0.2) is 58.4 Å². The fourth-order valence-electron chi connectivity index (χ4n) is 4.99. The number of Topliss-reactive ketones (excluding diaryl/α,β-unsaturated/α-hetero) is 1. The lowest BCUT2D eigenvalue weighted by Crippen LogP contribution is -2.49. The van der Waals surface area contributed by atoms with E-state index < -0.39 is 17.2 Å². The average Bonchev–Trinajstić information content (AvgIpc) is 2.88. The number of fused-ring (bicyclic) bond motifs is 3. The predicted molar refractivity (Wildman–Crippen MR) is 138 cm³/mol. The molecule has 4 heterocycles. The zero-order valence-corrected chi connectivity index (χ0v) is 21.4. The number of carboxylic acid groups (broad SMARTS) is 1. The molecule has 3 aromatic rings. The average molecular weight is 541 g/mol. The van der Waals surface area contributed by atoms with Gasteiger partial charge in [-0.15, -0.1) is 0 Å². The van der Waals surface area contributed by atoms with E-state index in [9.17, 15) is 29.5 Å². The second kappa shape index (κ2) is 10.1. The lowest BCUT2D eigenvalue weighted by atomic mass is 10.1. The molecule has 38 heavy (non-hydrogen) atoms. The predicted octanol–water partition coefficient (Wildman–Crippen LogP) is 2.80. The fourth-order valence-corrected chi connectivity index (χ4v) is 6.15. The third kappa shape index (κ3) is 4.49. The number of hydrogen-bond donors (Lipinski definition) is 1. The number of pyridine rings is 2. The van der Waals surface area contributed by atoms with Crippen molar-refractivity contribution in [3.8, 4) is 0 Å². The van der Waals surface area contributed by atoms with Crippen molar-refractivity contribution >= 4 is 46.0 Å². The van der Waals surface area contributed by atoms with Gasteiger partial charge < -0.3 is 24.7 Å². The van der Waals surface area contributed by atoms with Gasteiger partial charge in [0, 0.05) is 56.5 Å². The fraction of sp³-hybridized carbons (Fsp3) is 0.346. The minimum absolute atomic E-state index is 0.0286. The number of carbonyl (C=O) groups is 3. The third-order valence-corrected chi connectivity index (χ3v) is 8.14. The molecule has 0 saturated carbocycles. The summed E-state index contributed by atoms with van der Waals surface area (Å²) in [5.41, 5.74) is -0.202. The summed E-state index contributed by atoms with van der Waals surface area (Å²) < 4.78 is 17.4. The molecule has 1 N–H and O–H groups in total. The Labute approximate surface area is 220 Å². The standard InChI is InChI=1S/C26H25FN4O6S/c1-15-31-19-14-20(17(27)13-16(19)24(34)23(26(35)36)25(31)38-15)28-9-11-29(12-10-28)22(33)7-4-6-21(32)18-5-2-3-8-30(18)37/h2-3,5,8,13-15H,4,6-7,9-12H2,1H3,(H,35,36). The number of carboxylic acids is 1. The van der Waals surface area contributed by atoms with Gasteiger partial charge in [-0.1, -0.05) is 11.8 Å². The number of piperazine rings is 1. The van der Waals surface area contributed by atoms with Crippen LogP contribution in [0.25, 0.3) is 10.9 Å². The molecule has 1 saturated heterocycles. The Bertz CT molecular complexity index is 1530. The van der Waals surface area contributed by atoms with E-state index in [2.05, 4.69) is 0 Å². The zero-order chi connectivity index (χ0) is 27.1. The number of halogens is 1. The van der Waals surface area contributed by atoms with Crippen LogP contribution in [0.4, 0.5) is 10.1 Å². The van der Waals surface area contributed by atoms with E-state index in [1.807, 2.05) is 11.8 Å². The molecule has 0 radical (unpaired) electrons. The van der Waals surface area contributed by atoms with Gasteiger partial charge in [-0.05, 0) is 31.5 Å². The smallest absolute Gasteiger partial charge is 0.342 e. The van der Waals surface area contributed by atoms with Gasteiger partial charge in [0.1, 0.15) is 11.4 Å². The topological polar surface area (TPSA) is 127 Å². The van der Waals surface area contributed by atoms with Crippen LogP contribution in [0.2, 0.25) is 0 Å². The molecule has 2 aliphatic rings. The van der Waals surface area contributed by atoms with E-state index in [1.54, 1.807) is 21.6 Å². The maximum atomic E-state index is 15.2. The molecule has 0 aliphatic carbocycles. The van der Waals surface area contributed by atoms with Crippen molar-refractivity contribution in [1.82, 2.24) is 9.47 Å². The van der Waals surface area contributed by atoms with Crippen molar-refractivity contribution in [2.75, 3.05) is 31.1 Å². The number of benzene rings is 1. The summed E-state index contributed by atoms with van der Waals surface area (Å²) in [5, 5.41) is 21.5. The first-order valence-corrected chi connectivity index (χ1v) is 13.1. The second-order valence-corrected chi connectivity index (χ2v) is 10.6. The number of ketones is 1. The SMILES string of the molecule is CC1Sc2c(C(=O)O)c(=O)c3cc(F)c(N4CCN(C(=O)CCCC(=O)c5cccc[n+]5[O-])CC4)cc3n21. The molecule has 12 heteroatoms. The molecule has 1 unspecified atom stereocenters. The maximum absolute atomic E-state index is 15.2. The molecular formula is C26H25FN4O6S. The summed E-state index contributed by atoms with van der Waals surface area (Å²) in [6, 6.07) is 7.30. The lowest BCUT2D eigenvalue weighted by Gasteiger charge is -2.37. The van der Waals surface area contributed by atoms with E-state index >= 15 is 4.39 Å². The summed E-state index contributed by atoms with van der Waals surface area (Å²) in [7, 11) is 0. The number of aromatic carboxylic acids is 1. The number of anilines is 1. The number of rotatable bonds is 7. The molecule has 0 bridgehead atoms. The van der Waals surface area contributed by atoms with Crippen LogP contribution in [0.15, 0.2) is 46.3 Å². The Hall–Kier alpha value is -3.93. The van der Waals surface area contributed by atoms with Crippen molar-refractivity contribution in [1.29, 1.82) is 0 Å². The van der Waals surface area contributed by atoms with Crippen molar-refractivity contribution in [3.63, 3.8) is 0 Å². The molecule has 0 spiro atoms. The number of aromatic nitrogens is 2. The van der Waals surface area contributed by atoms with Gasteiger partial charge in [0.15, 0.2) is 6.20 Å². The Morgan fingerprint density at radius 3 is 2.55 bits per heavy atom. The highest BCUT2D eigenvalue weighted by Crippen LogP contribution is 2.46. The Kier molecular flexibility index (Phi) is 6.82.